The molecule has 0 bridgehead atoms. The summed E-state index contributed by atoms with van der Waals surface area (Å²) in [5.41, 5.74) is 1.22. The van der Waals surface area contributed by atoms with E-state index >= 15 is 0 Å². The van der Waals surface area contributed by atoms with E-state index in [0.29, 0.717) is 19.4 Å². The van der Waals surface area contributed by atoms with E-state index in [-0.39, 0.29) is 0 Å². The number of hydrogen-bond acceptors (Lipinski definition) is 4. The summed E-state index contributed by atoms with van der Waals surface area (Å²) in [5, 5.41) is 8.81. The molecule has 2 heterocycles. The van der Waals surface area contributed by atoms with Crippen LogP contribution in [0.5, 0.6) is 11.5 Å². The smallest absolute Gasteiger partial charge is 0.231 e. The monoisotopic (exact) mass is 230 g/mol. The molecule has 17 heavy (non-hydrogen) atoms. The Bertz CT molecular complexity index is 467. The zero-order valence-corrected chi connectivity index (χ0v) is 9.56. The average Bonchev–Trinajstić information content (AvgIpc) is 2.96. The van der Waals surface area contributed by atoms with Crippen molar-refractivity contribution in [2.24, 2.45) is 0 Å². The Labute approximate surface area is 100 Å². The maximum atomic E-state index is 8.81. The predicted molar refractivity (Wildman–Crippen MR) is 61.7 cm³/mol. The second kappa shape index (κ2) is 4.27. The largest absolute Gasteiger partial charge is 0.454 e. The topological polar surface area (TPSA) is 45.5 Å². The highest BCUT2D eigenvalue weighted by Crippen LogP contribution is 2.38. The molecule has 0 aromatic heterocycles. The molecule has 0 unspecified atom stereocenters. The molecular weight excluding hydrogens is 216 g/mol. The summed E-state index contributed by atoms with van der Waals surface area (Å²) < 4.78 is 10.7. The zero-order chi connectivity index (χ0) is 11.7. The summed E-state index contributed by atoms with van der Waals surface area (Å²) >= 11 is 0. The van der Waals surface area contributed by atoms with Crippen LogP contribution in [0, 0.1) is 11.3 Å². The SMILES string of the molecule is N#CCN1CCC[C@H]1c1ccc2c(c1)OCO2. The molecule has 0 spiro atoms. The van der Waals surface area contributed by atoms with Gasteiger partial charge in [-0.05, 0) is 37.1 Å². The molecular formula is C13H14N2O2. The molecule has 2 aliphatic rings. The quantitative estimate of drug-likeness (QED) is 0.730. The third-order valence-corrected chi connectivity index (χ3v) is 3.42. The fourth-order valence-corrected chi connectivity index (χ4v) is 2.60. The first-order valence-electron chi connectivity index (χ1n) is 5.89. The molecule has 1 aromatic rings. The molecule has 1 aromatic carbocycles. The number of rotatable bonds is 2. The maximum Gasteiger partial charge on any atom is 0.231 e. The molecule has 1 saturated heterocycles. The molecule has 0 amide bonds. The summed E-state index contributed by atoms with van der Waals surface area (Å²) in [6.07, 6.45) is 2.27. The van der Waals surface area contributed by atoms with Gasteiger partial charge in [-0.1, -0.05) is 6.07 Å². The van der Waals surface area contributed by atoms with Crippen LogP contribution < -0.4 is 9.47 Å². The van der Waals surface area contributed by atoms with E-state index in [2.05, 4.69) is 17.0 Å². The zero-order valence-electron chi connectivity index (χ0n) is 9.56. The number of fused-ring (bicyclic) bond motifs is 1. The summed E-state index contributed by atoms with van der Waals surface area (Å²) in [7, 11) is 0. The Balaban J connectivity index is 1.86. The van der Waals surface area contributed by atoms with Crippen molar-refractivity contribution in [3.05, 3.63) is 23.8 Å². The van der Waals surface area contributed by atoms with Crippen molar-refractivity contribution in [3.63, 3.8) is 0 Å². The number of ether oxygens (including phenoxy) is 2. The minimum absolute atomic E-state index is 0.311. The van der Waals surface area contributed by atoms with Crippen LogP contribution in [0.2, 0.25) is 0 Å². The van der Waals surface area contributed by atoms with Gasteiger partial charge in [0.05, 0.1) is 12.6 Å². The summed E-state index contributed by atoms with van der Waals surface area (Å²) in [5.74, 6) is 1.64. The Morgan fingerprint density at radius 1 is 1.35 bits per heavy atom. The Kier molecular flexibility index (Phi) is 2.62. The summed E-state index contributed by atoms with van der Waals surface area (Å²) in [6.45, 7) is 1.82. The molecule has 0 N–H and O–H groups in total. The molecule has 1 fully saturated rings. The van der Waals surface area contributed by atoms with Crippen LogP contribution in [-0.4, -0.2) is 24.8 Å². The fourth-order valence-electron chi connectivity index (χ4n) is 2.60. The van der Waals surface area contributed by atoms with Gasteiger partial charge >= 0.3 is 0 Å². The standard InChI is InChI=1S/C13H14N2O2/c14-5-7-15-6-1-2-11(15)10-3-4-12-13(8-10)17-9-16-12/h3-4,8,11H,1-2,6-7,9H2/t11-/m0/s1. The van der Waals surface area contributed by atoms with E-state index in [0.717, 1.165) is 30.9 Å². The second-order valence-electron chi connectivity index (χ2n) is 4.40. The van der Waals surface area contributed by atoms with Crippen LogP contribution in [0.1, 0.15) is 24.4 Å². The summed E-state index contributed by atoms with van der Waals surface area (Å²) in [4.78, 5) is 2.22. The molecule has 0 saturated carbocycles. The lowest BCUT2D eigenvalue weighted by atomic mass is 10.0. The van der Waals surface area contributed by atoms with Crippen molar-refractivity contribution in [1.82, 2.24) is 4.90 Å². The van der Waals surface area contributed by atoms with Crippen molar-refractivity contribution in [2.75, 3.05) is 19.9 Å². The van der Waals surface area contributed by atoms with Gasteiger partial charge in [0.25, 0.3) is 0 Å². The van der Waals surface area contributed by atoms with Gasteiger partial charge in [0, 0.05) is 6.04 Å². The van der Waals surface area contributed by atoms with Crippen molar-refractivity contribution >= 4 is 0 Å². The lowest BCUT2D eigenvalue weighted by Gasteiger charge is -2.21. The molecule has 4 nitrogen and oxygen atoms in total. The van der Waals surface area contributed by atoms with E-state index < -0.39 is 0 Å². The van der Waals surface area contributed by atoms with Gasteiger partial charge < -0.3 is 9.47 Å². The minimum Gasteiger partial charge on any atom is -0.454 e. The highest BCUT2D eigenvalue weighted by atomic mass is 16.7. The normalized spacial score (nSPS) is 22.6. The fraction of sp³-hybridized carbons (Fsp3) is 0.462. The van der Waals surface area contributed by atoms with E-state index in [4.69, 9.17) is 14.7 Å². The van der Waals surface area contributed by atoms with Gasteiger partial charge in [-0.25, -0.2) is 0 Å². The molecule has 3 rings (SSSR count). The average molecular weight is 230 g/mol. The van der Waals surface area contributed by atoms with Crippen molar-refractivity contribution < 1.29 is 9.47 Å². The predicted octanol–water partition coefficient (Wildman–Crippen LogP) is 2.08. The third-order valence-electron chi connectivity index (χ3n) is 3.42. The minimum atomic E-state index is 0.311. The number of benzene rings is 1. The van der Waals surface area contributed by atoms with Gasteiger partial charge in [-0.3, -0.25) is 4.90 Å². The maximum absolute atomic E-state index is 8.81. The lowest BCUT2D eigenvalue weighted by molar-refractivity contribution is 0.174. The highest BCUT2D eigenvalue weighted by Gasteiger charge is 2.27. The van der Waals surface area contributed by atoms with E-state index in [9.17, 15) is 0 Å². The first-order chi connectivity index (χ1) is 8.38. The van der Waals surface area contributed by atoms with E-state index in [1.165, 1.54) is 5.56 Å². The van der Waals surface area contributed by atoms with Crippen LogP contribution in [-0.2, 0) is 0 Å². The highest BCUT2D eigenvalue weighted by molar-refractivity contribution is 5.45. The first-order valence-corrected chi connectivity index (χ1v) is 5.89. The van der Waals surface area contributed by atoms with Gasteiger partial charge in [-0.15, -0.1) is 0 Å². The van der Waals surface area contributed by atoms with Gasteiger partial charge in [-0.2, -0.15) is 5.26 Å². The Hall–Kier alpha value is -1.73. The third kappa shape index (κ3) is 1.83. The summed E-state index contributed by atoms with van der Waals surface area (Å²) in [6, 6.07) is 8.66. The molecule has 88 valence electrons. The molecule has 2 aliphatic heterocycles. The molecule has 1 atom stereocenters. The van der Waals surface area contributed by atoms with E-state index in [1.807, 2.05) is 12.1 Å². The van der Waals surface area contributed by atoms with Gasteiger partial charge in [0.2, 0.25) is 6.79 Å². The Morgan fingerprint density at radius 2 is 2.24 bits per heavy atom. The number of nitrogens with zero attached hydrogens (tertiary/aromatic N) is 2. The molecule has 4 heteroatoms. The number of likely N-dealkylation sites (tertiary alicyclic amines) is 1. The van der Waals surface area contributed by atoms with Crippen molar-refractivity contribution in [1.29, 1.82) is 5.26 Å². The molecule has 0 radical (unpaired) electrons. The number of hydrogen-bond donors (Lipinski definition) is 0. The second-order valence-corrected chi connectivity index (χ2v) is 4.40. The lowest BCUT2D eigenvalue weighted by Crippen LogP contribution is -2.23. The van der Waals surface area contributed by atoms with Crippen LogP contribution in [0.4, 0.5) is 0 Å². The number of nitriles is 1. The van der Waals surface area contributed by atoms with Crippen LogP contribution >= 0.6 is 0 Å². The molecule has 0 aliphatic carbocycles. The van der Waals surface area contributed by atoms with E-state index in [1.54, 1.807) is 0 Å². The first kappa shape index (κ1) is 10.4. The van der Waals surface area contributed by atoms with Crippen LogP contribution in [0.15, 0.2) is 18.2 Å². The van der Waals surface area contributed by atoms with Gasteiger partial charge in [0.1, 0.15) is 0 Å². The van der Waals surface area contributed by atoms with Crippen molar-refractivity contribution in [2.45, 2.75) is 18.9 Å². The Morgan fingerprint density at radius 3 is 3.12 bits per heavy atom. The van der Waals surface area contributed by atoms with Crippen molar-refractivity contribution in [3.8, 4) is 17.6 Å². The van der Waals surface area contributed by atoms with Crippen LogP contribution in [0.25, 0.3) is 0 Å². The van der Waals surface area contributed by atoms with Crippen LogP contribution in [0.3, 0.4) is 0 Å². The van der Waals surface area contributed by atoms with Gasteiger partial charge in [0.15, 0.2) is 11.5 Å².